The van der Waals surface area contributed by atoms with Crippen LogP contribution in [-0.2, 0) is 16.8 Å². The fourth-order valence-corrected chi connectivity index (χ4v) is 4.35. The van der Waals surface area contributed by atoms with E-state index in [4.69, 9.17) is 15.2 Å². The summed E-state index contributed by atoms with van der Waals surface area (Å²) in [4.78, 5) is 15.1. The molecule has 0 spiro atoms. The zero-order chi connectivity index (χ0) is 21.7. The van der Waals surface area contributed by atoms with Crippen molar-refractivity contribution in [3.05, 3.63) is 95.6 Å². The number of carbonyl (C=O) groups excluding carboxylic acids is 1. The average Bonchev–Trinajstić information content (AvgIpc) is 3.26. The SMILES string of the molecule is CN(CCCC(C(N)=O)(c1ccccc1)c1ccccc1)Cc1ccc2c(c1)OCO2. The highest BCUT2D eigenvalue weighted by molar-refractivity contribution is 5.90. The summed E-state index contributed by atoms with van der Waals surface area (Å²) in [7, 11) is 2.08. The third-order valence-corrected chi connectivity index (χ3v) is 5.93. The van der Waals surface area contributed by atoms with Gasteiger partial charge >= 0.3 is 0 Å². The van der Waals surface area contributed by atoms with Gasteiger partial charge in [-0.25, -0.2) is 0 Å². The van der Waals surface area contributed by atoms with Crippen molar-refractivity contribution in [1.29, 1.82) is 0 Å². The fourth-order valence-electron chi connectivity index (χ4n) is 4.35. The molecule has 0 aromatic heterocycles. The molecule has 1 heterocycles. The van der Waals surface area contributed by atoms with E-state index in [2.05, 4.69) is 18.0 Å². The molecule has 3 aromatic carbocycles. The molecule has 1 aliphatic heterocycles. The Morgan fingerprint density at radius 1 is 0.935 bits per heavy atom. The smallest absolute Gasteiger partial charge is 0.232 e. The molecule has 31 heavy (non-hydrogen) atoms. The third kappa shape index (κ3) is 4.42. The van der Waals surface area contributed by atoms with E-state index < -0.39 is 5.41 Å². The molecule has 1 aliphatic rings. The summed E-state index contributed by atoms with van der Waals surface area (Å²) < 4.78 is 10.9. The molecule has 0 aliphatic carbocycles. The van der Waals surface area contributed by atoms with Crippen LogP contribution in [0.4, 0.5) is 0 Å². The van der Waals surface area contributed by atoms with Gasteiger partial charge in [0.15, 0.2) is 11.5 Å². The van der Waals surface area contributed by atoms with Crippen molar-refractivity contribution in [3.8, 4) is 11.5 Å². The Bertz CT molecular complexity index is 982. The third-order valence-electron chi connectivity index (χ3n) is 5.93. The summed E-state index contributed by atoms with van der Waals surface area (Å²) in [5.74, 6) is 1.28. The van der Waals surface area contributed by atoms with E-state index in [9.17, 15) is 4.79 Å². The first-order chi connectivity index (χ1) is 15.1. The first-order valence-corrected chi connectivity index (χ1v) is 10.6. The molecule has 5 nitrogen and oxygen atoms in total. The molecule has 0 fully saturated rings. The van der Waals surface area contributed by atoms with Gasteiger partial charge in [-0.1, -0.05) is 66.7 Å². The maximum Gasteiger partial charge on any atom is 0.232 e. The van der Waals surface area contributed by atoms with Gasteiger partial charge in [-0.2, -0.15) is 0 Å². The average molecular weight is 417 g/mol. The van der Waals surface area contributed by atoms with Gasteiger partial charge in [-0.15, -0.1) is 0 Å². The number of amides is 1. The maximum atomic E-state index is 12.9. The number of hydrogen-bond acceptors (Lipinski definition) is 4. The Morgan fingerprint density at radius 2 is 1.55 bits per heavy atom. The maximum absolute atomic E-state index is 12.9. The van der Waals surface area contributed by atoms with Crippen molar-refractivity contribution in [3.63, 3.8) is 0 Å². The van der Waals surface area contributed by atoms with Crippen molar-refractivity contribution in [1.82, 2.24) is 4.90 Å². The highest BCUT2D eigenvalue weighted by Gasteiger charge is 2.39. The highest BCUT2D eigenvalue weighted by Crippen LogP contribution is 2.37. The molecule has 4 rings (SSSR count). The first kappa shape index (κ1) is 20.9. The largest absolute Gasteiger partial charge is 0.454 e. The molecule has 0 atom stereocenters. The van der Waals surface area contributed by atoms with Gasteiger partial charge in [0.2, 0.25) is 12.7 Å². The van der Waals surface area contributed by atoms with E-state index >= 15 is 0 Å². The van der Waals surface area contributed by atoms with Crippen LogP contribution in [0.5, 0.6) is 11.5 Å². The van der Waals surface area contributed by atoms with E-state index in [1.165, 1.54) is 5.56 Å². The number of fused-ring (bicyclic) bond motifs is 1. The minimum atomic E-state index is -0.845. The Labute approximate surface area is 183 Å². The molecule has 0 unspecified atom stereocenters. The summed E-state index contributed by atoms with van der Waals surface area (Å²) in [6, 6.07) is 25.8. The second-order valence-electron chi connectivity index (χ2n) is 8.03. The van der Waals surface area contributed by atoms with Crippen LogP contribution in [-0.4, -0.2) is 31.2 Å². The summed E-state index contributed by atoms with van der Waals surface area (Å²) in [6.07, 6.45) is 1.47. The molecule has 0 saturated carbocycles. The second-order valence-corrected chi connectivity index (χ2v) is 8.03. The van der Waals surface area contributed by atoms with Gasteiger partial charge in [0.25, 0.3) is 0 Å². The molecule has 3 aromatic rings. The predicted octanol–water partition coefficient (Wildman–Crippen LogP) is 4.10. The van der Waals surface area contributed by atoms with Crippen LogP contribution in [0.2, 0.25) is 0 Å². The van der Waals surface area contributed by atoms with Crippen LogP contribution < -0.4 is 15.2 Å². The summed E-state index contributed by atoms with van der Waals surface area (Å²) in [6.45, 7) is 1.91. The number of benzene rings is 3. The summed E-state index contributed by atoms with van der Waals surface area (Å²) in [5.41, 5.74) is 8.24. The monoisotopic (exact) mass is 416 g/mol. The van der Waals surface area contributed by atoms with Crippen molar-refractivity contribution in [2.45, 2.75) is 24.8 Å². The molecule has 2 N–H and O–H groups in total. The molecule has 0 saturated heterocycles. The van der Waals surface area contributed by atoms with Gasteiger partial charge in [0.05, 0.1) is 5.41 Å². The fraction of sp³-hybridized carbons (Fsp3) is 0.269. The standard InChI is InChI=1S/C26H28N2O3/c1-28(18-20-13-14-23-24(17-20)31-19-30-23)16-8-15-26(25(27)29,21-9-4-2-5-10-21)22-11-6-3-7-12-22/h2-7,9-14,17H,8,15-16,18-19H2,1H3,(H2,27,29). The van der Waals surface area contributed by atoms with Gasteiger partial charge < -0.3 is 20.1 Å². The van der Waals surface area contributed by atoms with E-state index in [-0.39, 0.29) is 12.7 Å². The number of hydrogen-bond donors (Lipinski definition) is 1. The predicted molar refractivity (Wildman–Crippen MR) is 121 cm³/mol. The molecule has 1 amide bonds. The number of primary amides is 1. The number of nitrogens with two attached hydrogens (primary N) is 1. The molecule has 0 radical (unpaired) electrons. The van der Waals surface area contributed by atoms with Gasteiger partial charge in [-0.3, -0.25) is 4.79 Å². The lowest BCUT2D eigenvalue weighted by atomic mass is 9.70. The zero-order valence-corrected chi connectivity index (χ0v) is 17.8. The van der Waals surface area contributed by atoms with Crippen LogP contribution in [0.3, 0.4) is 0 Å². The van der Waals surface area contributed by atoms with Crippen LogP contribution >= 0.6 is 0 Å². The molecular formula is C26H28N2O3. The number of ether oxygens (including phenoxy) is 2. The lowest BCUT2D eigenvalue weighted by Crippen LogP contribution is -2.43. The minimum absolute atomic E-state index is 0.281. The Hall–Kier alpha value is -3.31. The molecule has 0 bridgehead atoms. The summed E-state index contributed by atoms with van der Waals surface area (Å²) in [5, 5.41) is 0. The Balaban J connectivity index is 1.48. The molecule has 160 valence electrons. The van der Waals surface area contributed by atoms with E-state index in [1.807, 2.05) is 72.8 Å². The number of nitrogens with zero attached hydrogens (tertiary/aromatic N) is 1. The molecular weight excluding hydrogens is 388 g/mol. The summed E-state index contributed by atoms with van der Waals surface area (Å²) >= 11 is 0. The first-order valence-electron chi connectivity index (χ1n) is 10.6. The zero-order valence-electron chi connectivity index (χ0n) is 17.8. The van der Waals surface area contributed by atoms with Crippen LogP contribution in [0, 0.1) is 0 Å². The van der Waals surface area contributed by atoms with Crippen molar-refractivity contribution in [2.75, 3.05) is 20.4 Å². The quantitative estimate of drug-likeness (QED) is 0.570. The van der Waals surface area contributed by atoms with Gasteiger partial charge in [-0.05, 0) is 55.3 Å². The number of rotatable bonds is 9. The van der Waals surface area contributed by atoms with Crippen molar-refractivity contribution in [2.24, 2.45) is 5.73 Å². The topological polar surface area (TPSA) is 64.8 Å². The Kier molecular flexibility index (Phi) is 6.23. The lowest BCUT2D eigenvalue weighted by molar-refractivity contribution is -0.122. The van der Waals surface area contributed by atoms with E-state index in [1.54, 1.807) is 0 Å². The van der Waals surface area contributed by atoms with E-state index in [0.29, 0.717) is 6.42 Å². The highest BCUT2D eigenvalue weighted by atomic mass is 16.7. The van der Waals surface area contributed by atoms with Gasteiger partial charge in [0.1, 0.15) is 0 Å². The van der Waals surface area contributed by atoms with Crippen molar-refractivity contribution < 1.29 is 14.3 Å². The van der Waals surface area contributed by atoms with Gasteiger partial charge in [0, 0.05) is 6.54 Å². The lowest BCUT2D eigenvalue weighted by Gasteiger charge is -2.32. The normalized spacial score (nSPS) is 12.8. The Morgan fingerprint density at radius 3 is 2.16 bits per heavy atom. The van der Waals surface area contributed by atoms with Crippen LogP contribution in [0.1, 0.15) is 29.5 Å². The van der Waals surface area contributed by atoms with Crippen LogP contribution in [0.15, 0.2) is 78.9 Å². The second kappa shape index (κ2) is 9.23. The van der Waals surface area contributed by atoms with E-state index in [0.717, 1.165) is 42.1 Å². The minimum Gasteiger partial charge on any atom is -0.454 e. The molecule has 5 heteroatoms. The number of carbonyl (C=O) groups is 1. The van der Waals surface area contributed by atoms with Crippen LogP contribution in [0.25, 0.3) is 0 Å². The van der Waals surface area contributed by atoms with Crippen molar-refractivity contribution >= 4 is 5.91 Å².